The largest absolute Gasteiger partial charge is 0.366 e. The molecule has 0 unspecified atom stereocenters. The predicted molar refractivity (Wildman–Crippen MR) is 99.6 cm³/mol. The highest BCUT2D eigenvalue weighted by Gasteiger charge is 2.21. The SMILES string of the molecule is CNc1nc(NC2CCN(Cc3ccccc3)CC2)c2cn[nH]c2n1. The van der Waals surface area contributed by atoms with E-state index in [1.165, 1.54) is 5.56 Å². The first-order valence-electron chi connectivity index (χ1n) is 8.73. The van der Waals surface area contributed by atoms with Crippen LogP contribution in [0.4, 0.5) is 11.8 Å². The quantitative estimate of drug-likeness (QED) is 0.663. The molecule has 1 aliphatic rings. The zero-order valence-corrected chi connectivity index (χ0v) is 14.4. The number of rotatable bonds is 5. The average molecular weight is 337 g/mol. The van der Waals surface area contributed by atoms with Crippen LogP contribution in [0.2, 0.25) is 0 Å². The molecule has 0 atom stereocenters. The summed E-state index contributed by atoms with van der Waals surface area (Å²) in [6.07, 6.45) is 3.98. The summed E-state index contributed by atoms with van der Waals surface area (Å²) >= 11 is 0. The summed E-state index contributed by atoms with van der Waals surface area (Å²) in [6.45, 7) is 3.20. The Morgan fingerprint density at radius 3 is 2.72 bits per heavy atom. The van der Waals surface area contributed by atoms with Crippen LogP contribution in [0, 0.1) is 0 Å². The number of piperidine rings is 1. The van der Waals surface area contributed by atoms with E-state index >= 15 is 0 Å². The minimum atomic E-state index is 0.421. The van der Waals surface area contributed by atoms with E-state index in [0.717, 1.165) is 49.3 Å². The summed E-state index contributed by atoms with van der Waals surface area (Å²) in [5, 5.41) is 14.5. The number of nitrogens with zero attached hydrogens (tertiary/aromatic N) is 4. The van der Waals surface area contributed by atoms with Crippen molar-refractivity contribution in [3.8, 4) is 0 Å². The van der Waals surface area contributed by atoms with Crippen LogP contribution in [-0.2, 0) is 6.54 Å². The van der Waals surface area contributed by atoms with Crippen LogP contribution < -0.4 is 10.6 Å². The first kappa shape index (κ1) is 15.8. The molecule has 3 heterocycles. The van der Waals surface area contributed by atoms with Crippen molar-refractivity contribution >= 4 is 22.8 Å². The molecule has 7 nitrogen and oxygen atoms in total. The maximum Gasteiger partial charge on any atom is 0.226 e. The van der Waals surface area contributed by atoms with Crippen LogP contribution in [0.5, 0.6) is 0 Å². The van der Waals surface area contributed by atoms with E-state index in [1.54, 1.807) is 6.20 Å². The monoisotopic (exact) mass is 337 g/mol. The lowest BCUT2D eigenvalue weighted by atomic mass is 10.0. The zero-order chi connectivity index (χ0) is 17.1. The molecule has 1 saturated heterocycles. The molecule has 4 rings (SSSR count). The molecule has 25 heavy (non-hydrogen) atoms. The van der Waals surface area contributed by atoms with Crippen LogP contribution in [0.3, 0.4) is 0 Å². The van der Waals surface area contributed by atoms with Crippen LogP contribution in [0.25, 0.3) is 11.0 Å². The van der Waals surface area contributed by atoms with Crippen LogP contribution >= 0.6 is 0 Å². The number of nitrogens with one attached hydrogen (secondary N) is 3. The van der Waals surface area contributed by atoms with Crippen molar-refractivity contribution in [2.75, 3.05) is 30.8 Å². The molecule has 1 aliphatic heterocycles. The minimum Gasteiger partial charge on any atom is -0.366 e. The van der Waals surface area contributed by atoms with Gasteiger partial charge in [0.2, 0.25) is 5.95 Å². The topological polar surface area (TPSA) is 81.8 Å². The predicted octanol–water partition coefficient (Wildman–Crippen LogP) is 2.47. The van der Waals surface area contributed by atoms with E-state index in [0.29, 0.717) is 12.0 Å². The third-order valence-electron chi connectivity index (χ3n) is 4.71. The van der Waals surface area contributed by atoms with Gasteiger partial charge in [-0.2, -0.15) is 15.1 Å². The summed E-state index contributed by atoms with van der Waals surface area (Å²) in [7, 11) is 1.82. The molecule has 2 aromatic heterocycles. The summed E-state index contributed by atoms with van der Waals surface area (Å²) in [5.41, 5.74) is 2.13. The van der Waals surface area contributed by atoms with Gasteiger partial charge >= 0.3 is 0 Å². The number of H-pyrrole nitrogens is 1. The Balaban J connectivity index is 1.39. The highest BCUT2D eigenvalue weighted by atomic mass is 15.2. The summed E-state index contributed by atoms with van der Waals surface area (Å²) in [5.74, 6) is 1.45. The van der Waals surface area contributed by atoms with Gasteiger partial charge in [-0.1, -0.05) is 30.3 Å². The third-order valence-corrected chi connectivity index (χ3v) is 4.71. The van der Waals surface area contributed by atoms with E-state index in [1.807, 2.05) is 7.05 Å². The van der Waals surface area contributed by atoms with Gasteiger partial charge in [0.25, 0.3) is 0 Å². The minimum absolute atomic E-state index is 0.421. The number of anilines is 2. The van der Waals surface area contributed by atoms with Crippen molar-refractivity contribution in [2.45, 2.75) is 25.4 Å². The number of likely N-dealkylation sites (tertiary alicyclic amines) is 1. The molecular weight excluding hydrogens is 314 g/mol. The first-order valence-corrected chi connectivity index (χ1v) is 8.73. The Kier molecular flexibility index (Phi) is 4.47. The van der Waals surface area contributed by atoms with Gasteiger partial charge in [0.15, 0.2) is 5.65 Å². The van der Waals surface area contributed by atoms with Gasteiger partial charge in [0.1, 0.15) is 5.82 Å². The number of hydrogen-bond donors (Lipinski definition) is 3. The third kappa shape index (κ3) is 3.56. The standard InChI is InChI=1S/C18H23N7/c1-19-18-22-16(15-11-20-24-17(15)23-18)21-14-7-9-25(10-8-14)12-13-5-3-2-4-6-13/h2-6,11,14H,7-10,12H2,1H3,(H3,19,20,21,22,23,24). The fraction of sp³-hybridized carbons (Fsp3) is 0.389. The molecule has 0 radical (unpaired) electrons. The molecule has 0 spiro atoms. The molecule has 0 amide bonds. The molecule has 3 N–H and O–H groups in total. The normalized spacial score (nSPS) is 16.2. The maximum absolute atomic E-state index is 4.57. The molecule has 3 aromatic rings. The van der Waals surface area contributed by atoms with E-state index in [4.69, 9.17) is 0 Å². The molecule has 7 heteroatoms. The van der Waals surface area contributed by atoms with Gasteiger partial charge < -0.3 is 10.6 Å². The van der Waals surface area contributed by atoms with Gasteiger partial charge in [-0.3, -0.25) is 10.00 Å². The Hall–Kier alpha value is -2.67. The fourth-order valence-electron chi connectivity index (χ4n) is 3.33. The van der Waals surface area contributed by atoms with Crippen molar-refractivity contribution in [1.29, 1.82) is 0 Å². The van der Waals surface area contributed by atoms with Crippen LogP contribution in [-0.4, -0.2) is 51.2 Å². The summed E-state index contributed by atoms with van der Waals surface area (Å²) < 4.78 is 0. The van der Waals surface area contributed by atoms with Gasteiger partial charge in [-0.15, -0.1) is 0 Å². The van der Waals surface area contributed by atoms with E-state index in [9.17, 15) is 0 Å². The first-order chi connectivity index (χ1) is 12.3. The van der Waals surface area contributed by atoms with E-state index < -0.39 is 0 Å². The zero-order valence-electron chi connectivity index (χ0n) is 14.4. The lowest BCUT2D eigenvalue weighted by molar-refractivity contribution is 0.211. The van der Waals surface area contributed by atoms with E-state index in [-0.39, 0.29) is 0 Å². The Labute approximate surface area is 146 Å². The van der Waals surface area contributed by atoms with Crippen LogP contribution in [0.1, 0.15) is 18.4 Å². The summed E-state index contributed by atoms with van der Waals surface area (Å²) in [6, 6.07) is 11.1. The van der Waals surface area contributed by atoms with Crippen LogP contribution in [0.15, 0.2) is 36.5 Å². The van der Waals surface area contributed by atoms with Crippen molar-refractivity contribution in [2.24, 2.45) is 0 Å². The second-order valence-electron chi connectivity index (χ2n) is 6.46. The van der Waals surface area contributed by atoms with Gasteiger partial charge in [-0.25, -0.2) is 0 Å². The second-order valence-corrected chi connectivity index (χ2v) is 6.46. The number of hydrogen-bond acceptors (Lipinski definition) is 6. The maximum atomic E-state index is 4.57. The molecule has 0 saturated carbocycles. The molecule has 0 aliphatic carbocycles. The lowest BCUT2D eigenvalue weighted by Crippen LogP contribution is -2.38. The van der Waals surface area contributed by atoms with Crippen molar-refractivity contribution in [3.63, 3.8) is 0 Å². The fourth-order valence-corrected chi connectivity index (χ4v) is 3.33. The lowest BCUT2D eigenvalue weighted by Gasteiger charge is -2.32. The van der Waals surface area contributed by atoms with Crippen molar-refractivity contribution < 1.29 is 0 Å². The van der Waals surface area contributed by atoms with E-state index in [2.05, 4.69) is 66.0 Å². The highest BCUT2D eigenvalue weighted by Crippen LogP contribution is 2.23. The number of aromatic amines is 1. The Morgan fingerprint density at radius 1 is 1.16 bits per heavy atom. The average Bonchev–Trinajstić information content (AvgIpc) is 3.13. The highest BCUT2D eigenvalue weighted by molar-refractivity contribution is 5.87. The molecule has 130 valence electrons. The molecular formula is C18H23N7. The van der Waals surface area contributed by atoms with Gasteiger partial charge in [-0.05, 0) is 18.4 Å². The molecule has 1 aromatic carbocycles. The second kappa shape index (κ2) is 7.06. The van der Waals surface area contributed by atoms with Gasteiger partial charge in [0.05, 0.1) is 11.6 Å². The number of fused-ring (bicyclic) bond motifs is 1. The molecule has 1 fully saturated rings. The molecule has 0 bridgehead atoms. The van der Waals surface area contributed by atoms with Crippen molar-refractivity contribution in [1.82, 2.24) is 25.1 Å². The number of benzene rings is 1. The number of aromatic nitrogens is 4. The van der Waals surface area contributed by atoms with Gasteiger partial charge in [0, 0.05) is 32.7 Å². The Bertz CT molecular complexity index is 822. The summed E-state index contributed by atoms with van der Waals surface area (Å²) in [4.78, 5) is 11.5. The smallest absolute Gasteiger partial charge is 0.226 e. The Morgan fingerprint density at radius 2 is 1.96 bits per heavy atom. The van der Waals surface area contributed by atoms with Crippen molar-refractivity contribution in [3.05, 3.63) is 42.1 Å².